The molecule has 0 spiro atoms. The summed E-state index contributed by atoms with van der Waals surface area (Å²) in [5.74, 6) is 0.227. The summed E-state index contributed by atoms with van der Waals surface area (Å²) in [6.07, 6.45) is 1.74. The van der Waals surface area contributed by atoms with Crippen LogP contribution in [-0.4, -0.2) is 11.3 Å². The standard InChI is InChI=1S/C24H20N2O/c27-24-16-15-20-11-7-8-14-22(20)23(24)17-25-26(21-12-5-2-6-13-21)18-19-9-3-1-4-10-19/h1-17,27H,18H2/b25-17-. The van der Waals surface area contributed by atoms with Crippen LogP contribution in [0.1, 0.15) is 11.1 Å². The van der Waals surface area contributed by atoms with Gasteiger partial charge in [-0.2, -0.15) is 5.10 Å². The van der Waals surface area contributed by atoms with Crippen molar-refractivity contribution in [2.45, 2.75) is 6.54 Å². The van der Waals surface area contributed by atoms with Gasteiger partial charge in [0.2, 0.25) is 0 Å². The van der Waals surface area contributed by atoms with Gasteiger partial charge in [-0.3, -0.25) is 5.01 Å². The number of benzene rings is 4. The first kappa shape index (κ1) is 16.9. The minimum atomic E-state index is 0.227. The number of anilines is 1. The Bertz CT molecular complexity index is 1060. The smallest absolute Gasteiger partial charge is 0.125 e. The highest BCUT2D eigenvalue weighted by atomic mass is 16.3. The van der Waals surface area contributed by atoms with Crippen LogP contribution in [0.5, 0.6) is 5.75 Å². The zero-order valence-electron chi connectivity index (χ0n) is 14.9. The molecule has 27 heavy (non-hydrogen) atoms. The number of aromatic hydroxyl groups is 1. The Hall–Kier alpha value is -3.59. The van der Waals surface area contributed by atoms with Crippen LogP contribution in [0.4, 0.5) is 5.69 Å². The fraction of sp³-hybridized carbons (Fsp3) is 0.0417. The van der Waals surface area contributed by atoms with Gasteiger partial charge < -0.3 is 5.11 Å². The Labute approximate surface area is 158 Å². The molecule has 0 aliphatic heterocycles. The summed E-state index contributed by atoms with van der Waals surface area (Å²) in [6, 6.07) is 31.9. The van der Waals surface area contributed by atoms with E-state index in [2.05, 4.69) is 12.1 Å². The normalized spacial score (nSPS) is 11.1. The van der Waals surface area contributed by atoms with Crippen LogP contribution in [-0.2, 0) is 6.54 Å². The summed E-state index contributed by atoms with van der Waals surface area (Å²) in [6.45, 7) is 0.646. The number of hydrogen-bond donors (Lipinski definition) is 1. The van der Waals surface area contributed by atoms with Crippen molar-refractivity contribution >= 4 is 22.7 Å². The van der Waals surface area contributed by atoms with E-state index < -0.39 is 0 Å². The lowest BCUT2D eigenvalue weighted by Gasteiger charge is -2.19. The highest BCUT2D eigenvalue weighted by molar-refractivity contribution is 6.02. The van der Waals surface area contributed by atoms with Gasteiger partial charge in [0.05, 0.1) is 18.4 Å². The zero-order chi connectivity index (χ0) is 18.5. The van der Waals surface area contributed by atoms with Gasteiger partial charge in [0, 0.05) is 5.56 Å². The third-order valence-electron chi connectivity index (χ3n) is 4.50. The molecule has 4 aromatic carbocycles. The third-order valence-corrected chi connectivity index (χ3v) is 4.50. The minimum absolute atomic E-state index is 0.227. The van der Waals surface area contributed by atoms with E-state index in [9.17, 15) is 5.11 Å². The van der Waals surface area contributed by atoms with Crippen LogP contribution >= 0.6 is 0 Å². The highest BCUT2D eigenvalue weighted by Crippen LogP contribution is 2.26. The van der Waals surface area contributed by atoms with Gasteiger partial charge in [0.15, 0.2) is 0 Å². The van der Waals surface area contributed by atoms with Crippen molar-refractivity contribution in [2.24, 2.45) is 5.10 Å². The second-order valence-electron chi connectivity index (χ2n) is 6.34. The number of hydrogen-bond acceptors (Lipinski definition) is 3. The molecular formula is C24H20N2O. The van der Waals surface area contributed by atoms with E-state index in [1.54, 1.807) is 12.3 Å². The molecule has 0 aliphatic carbocycles. The van der Waals surface area contributed by atoms with Crippen molar-refractivity contribution in [3.8, 4) is 5.75 Å². The number of fused-ring (bicyclic) bond motifs is 1. The van der Waals surface area contributed by atoms with Crippen molar-refractivity contribution in [2.75, 3.05) is 5.01 Å². The molecule has 0 atom stereocenters. The lowest BCUT2D eigenvalue weighted by molar-refractivity contribution is 0.475. The number of nitrogens with zero attached hydrogens (tertiary/aromatic N) is 2. The van der Waals surface area contributed by atoms with Crippen molar-refractivity contribution in [1.82, 2.24) is 0 Å². The summed E-state index contributed by atoms with van der Waals surface area (Å²) in [4.78, 5) is 0. The molecule has 0 amide bonds. The molecular weight excluding hydrogens is 332 g/mol. The topological polar surface area (TPSA) is 35.8 Å². The summed E-state index contributed by atoms with van der Waals surface area (Å²) in [7, 11) is 0. The average molecular weight is 352 g/mol. The zero-order valence-corrected chi connectivity index (χ0v) is 14.9. The van der Waals surface area contributed by atoms with E-state index >= 15 is 0 Å². The average Bonchev–Trinajstić information content (AvgIpc) is 2.73. The predicted molar refractivity (Wildman–Crippen MR) is 112 cm³/mol. The van der Waals surface area contributed by atoms with E-state index in [-0.39, 0.29) is 5.75 Å². The maximum absolute atomic E-state index is 10.4. The lowest BCUT2D eigenvalue weighted by atomic mass is 10.0. The van der Waals surface area contributed by atoms with Gasteiger partial charge in [0.1, 0.15) is 5.75 Å². The molecule has 0 aliphatic rings. The Morgan fingerprint density at radius 1 is 0.741 bits per heavy atom. The van der Waals surface area contributed by atoms with Gasteiger partial charge in [-0.05, 0) is 34.5 Å². The van der Waals surface area contributed by atoms with Crippen LogP contribution in [0.2, 0.25) is 0 Å². The molecule has 3 nitrogen and oxygen atoms in total. The van der Waals surface area contributed by atoms with Gasteiger partial charge >= 0.3 is 0 Å². The molecule has 0 bridgehead atoms. The molecule has 0 fully saturated rings. The molecule has 3 heteroatoms. The van der Waals surface area contributed by atoms with E-state index in [1.165, 1.54) is 5.56 Å². The van der Waals surface area contributed by atoms with Crippen molar-refractivity contribution < 1.29 is 5.11 Å². The molecule has 4 aromatic rings. The van der Waals surface area contributed by atoms with Gasteiger partial charge in [0.25, 0.3) is 0 Å². The second-order valence-corrected chi connectivity index (χ2v) is 6.34. The summed E-state index contributed by atoms with van der Waals surface area (Å²) < 4.78 is 0. The maximum Gasteiger partial charge on any atom is 0.125 e. The SMILES string of the molecule is Oc1ccc2ccccc2c1/C=N\N(Cc1ccccc1)c1ccccc1. The monoisotopic (exact) mass is 352 g/mol. The van der Waals surface area contributed by atoms with Crippen LogP contribution in [0.15, 0.2) is 102 Å². The fourth-order valence-electron chi connectivity index (χ4n) is 3.10. The number of hydrazone groups is 1. The third kappa shape index (κ3) is 3.82. The molecule has 0 radical (unpaired) electrons. The molecule has 0 saturated heterocycles. The molecule has 132 valence electrons. The van der Waals surface area contributed by atoms with Crippen LogP contribution in [0.25, 0.3) is 10.8 Å². The first-order chi connectivity index (χ1) is 13.3. The molecule has 0 unspecified atom stereocenters. The molecule has 4 rings (SSSR count). The Balaban J connectivity index is 1.73. The quantitative estimate of drug-likeness (QED) is 0.376. The summed E-state index contributed by atoms with van der Waals surface area (Å²) in [5.41, 5.74) is 2.89. The molecule has 0 aromatic heterocycles. The van der Waals surface area contributed by atoms with E-state index in [0.717, 1.165) is 22.0 Å². The number of para-hydroxylation sites is 1. The lowest BCUT2D eigenvalue weighted by Crippen LogP contribution is -2.16. The Morgan fingerprint density at radius 3 is 2.19 bits per heavy atom. The molecule has 0 saturated carbocycles. The van der Waals surface area contributed by atoms with E-state index in [4.69, 9.17) is 5.10 Å². The first-order valence-corrected chi connectivity index (χ1v) is 8.92. The highest BCUT2D eigenvalue weighted by Gasteiger charge is 2.08. The van der Waals surface area contributed by atoms with Gasteiger partial charge in [-0.1, -0.05) is 78.9 Å². The number of phenolic OH excluding ortho intramolecular Hbond substituents is 1. The predicted octanol–water partition coefficient (Wildman–Crippen LogP) is 5.59. The van der Waals surface area contributed by atoms with Crippen LogP contribution in [0, 0.1) is 0 Å². The van der Waals surface area contributed by atoms with E-state index in [0.29, 0.717) is 6.54 Å². The van der Waals surface area contributed by atoms with Crippen LogP contribution < -0.4 is 5.01 Å². The van der Waals surface area contributed by atoms with Crippen molar-refractivity contribution in [1.29, 1.82) is 0 Å². The molecule has 1 N–H and O–H groups in total. The Morgan fingerprint density at radius 2 is 1.41 bits per heavy atom. The minimum Gasteiger partial charge on any atom is -0.507 e. The Kier molecular flexibility index (Phi) is 4.84. The van der Waals surface area contributed by atoms with Gasteiger partial charge in [-0.25, -0.2) is 0 Å². The largest absolute Gasteiger partial charge is 0.507 e. The molecule has 0 heterocycles. The van der Waals surface area contributed by atoms with Crippen LogP contribution in [0.3, 0.4) is 0 Å². The summed E-state index contributed by atoms with van der Waals surface area (Å²) in [5, 5.41) is 19.1. The van der Waals surface area contributed by atoms with Crippen molar-refractivity contribution in [3.63, 3.8) is 0 Å². The van der Waals surface area contributed by atoms with Crippen molar-refractivity contribution in [3.05, 3.63) is 108 Å². The first-order valence-electron chi connectivity index (χ1n) is 8.92. The second kappa shape index (κ2) is 7.75. The number of rotatable bonds is 5. The summed E-state index contributed by atoms with van der Waals surface area (Å²) >= 11 is 0. The van der Waals surface area contributed by atoms with Gasteiger partial charge in [-0.15, -0.1) is 0 Å². The number of phenols is 1. The fourth-order valence-corrected chi connectivity index (χ4v) is 3.10. The van der Waals surface area contributed by atoms with E-state index in [1.807, 2.05) is 83.9 Å². The maximum atomic E-state index is 10.4.